The zero-order chi connectivity index (χ0) is 9.97. The minimum absolute atomic E-state index is 0.241. The van der Waals surface area contributed by atoms with Crippen molar-refractivity contribution in [2.24, 2.45) is 11.7 Å². The second kappa shape index (κ2) is 4.37. The largest absolute Gasteiger partial charge is 0.324 e. The first kappa shape index (κ1) is 10.1. The average molecular weight is 207 g/mol. The van der Waals surface area contributed by atoms with Crippen LogP contribution in [0.4, 0.5) is 0 Å². The van der Waals surface area contributed by atoms with Crippen molar-refractivity contribution in [3.63, 3.8) is 0 Å². The van der Waals surface area contributed by atoms with Crippen LogP contribution in [-0.4, -0.2) is 11.5 Å². The van der Waals surface area contributed by atoms with Gasteiger partial charge in [0.1, 0.15) is 0 Å². The molecule has 0 aromatic heterocycles. The summed E-state index contributed by atoms with van der Waals surface area (Å²) < 4.78 is 0. The fourth-order valence-corrected chi connectivity index (χ4v) is 3.30. The van der Waals surface area contributed by atoms with E-state index in [0.717, 1.165) is 0 Å². The van der Waals surface area contributed by atoms with Gasteiger partial charge >= 0.3 is 0 Å². The summed E-state index contributed by atoms with van der Waals surface area (Å²) in [5, 5.41) is 0. The van der Waals surface area contributed by atoms with Gasteiger partial charge in [0, 0.05) is 6.04 Å². The van der Waals surface area contributed by atoms with Gasteiger partial charge in [0.2, 0.25) is 0 Å². The molecule has 0 bridgehead atoms. The van der Waals surface area contributed by atoms with Crippen LogP contribution in [0.25, 0.3) is 0 Å². The molecule has 2 unspecified atom stereocenters. The van der Waals surface area contributed by atoms with Crippen LogP contribution < -0.4 is 5.73 Å². The van der Waals surface area contributed by atoms with E-state index in [0.29, 0.717) is 5.92 Å². The summed E-state index contributed by atoms with van der Waals surface area (Å²) in [6.07, 6.45) is 1.28. The molecule has 76 valence electrons. The van der Waals surface area contributed by atoms with E-state index in [1.807, 2.05) is 11.8 Å². The maximum atomic E-state index is 6.26. The molecule has 0 radical (unpaired) electrons. The molecule has 1 aliphatic heterocycles. The highest BCUT2D eigenvalue weighted by Gasteiger charge is 2.23. The zero-order valence-electron chi connectivity index (χ0n) is 8.57. The van der Waals surface area contributed by atoms with Crippen LogP contribution in [0.1, 0.15) is 23.6 Å². The van der Waals surface area contributed by atoms with Gasteiger partial charge < -0.3 is 5.73 Å². The van der Waals surface area contributed by atoms with Crippen LogP contribution in [0.5, 0.6) is 0 Å². The molecule has 0 aliphatic carbocycles. The van der Waals surface area contributed by atoms with E-state index in [1.54, 1.807) is 0 Å². The monoisotopic (exact) mass is 207 g/mol. The Balaban J connectivity index is 2.13. The van der Waals surface area contributed by atoms with E-state index in [4.69, 9.17) is 5.73 Å². The molecule has 1 aromatic carbocycles. The Hall–Kier alpha value is -0.470. The van der Waals surface area contributed by atoms with E-state index < -0.39 is 0 Å². The van der Waals surface area contributed by atoms with Crippen molar-refractivity contribution in [3.05, 3.63) is 35.4 Å². The number of hydrogen-bond acceptors (Lipinski definition) is 2. The van der Waals surface area contributed by atoms with Crippen LogP contribution in [0.2, 0.25) is 0 Å². The number of thioether (sulfide) groups is 1. The van der Waals surface area contributed by atoms with Gasteiger partial charge in [-0.1, -0.05) is 29.8 Å². The predicted octanol–water partition coefficient (Wildman–Crippen LogP) is 2.75. The van der Waals surface area contributed by atoms with E-state index >= 15 is 0 Å². The molecule has 1 fully saturated rings. The molecule has 1 heterocycles. The normalized spacial score (nSPS) is 23.7. The standard InChI is InChI=1S/C12H17NS/c1-9-3-2-4-10(7-9)12(13)11-5-6-14-8-11/h2-4,7,11-12H,5-6,8,13H2,1H3. The molecule has 0 spiro atoms. The number of aryl methyl sites for hydroxylation is 1. The maximum Gasteiger partial charge on any atom is 0.0331 e. The van der Waals surface area contributed by atoms with Crippen LogP contribution in [0.3, 0.4) is 0 Å². The van der Waals surface area contributed by atoms with Crippen LogP contribution in [0, 0.1) is 12.8 Å². The highest BCUT2D eigenvalue weighted by atomic mass is 32.2. The topological polar surface area (TPSA) is 26.0 Å². The van der Waals surface area contributed by atoms with Crippen molar-refractivity contribution in [2.45, 2.75) is 19.4 Å². The van der Waals surface area contributed by atoms with Crippen molar-refractivity contribution >= 4 is 11.8 Å². The molecule has 1 nitrogen and oxygen atoms in total. The van der Waals surface area contributed by atoms with E-state index in [1.165, 1.54) is 29.1 Å². The van der Waals surface area contributed by atoms with Crippen LogP contribution >= 0.6 is 11.8 Å². The molecule has 0 saturated carbocycles. The first-order valence-electron chi connectivity index (χ1n) is 5.17. The van der Waals surface area contributed by atoms with Crippen molar-refractivity contribution in [1.29, 1.82) is 0 Å². The van der Waals surface area contributed by atoms with Gasteiger partial charge in [-0.3, -0.25) is 0 Å². The number of hydrogen-bond donors (Lipinski definition) is 1. The Labute approximate surface area is 90.1 Å². The lowest BCUT2D eigenvalue weighted by Crippen LogP contribution is -2.21. The summed E-state index contributed by atoms with van der Waals surface area (Å²) in [5.74, 6) is 3.20. The van der Waals surface area contributed by atoms with Gasteiger partial charge in [0.15, 0.2) is 0 Å². The van der Waals surface area contributed by atoms with Gasteiger partial charge in [-0.05, 0) is 36.3 Å². The van der Waals surface area contributed by atoms with Crippen molar-refractivity contribution in [2.75, 3.05) is 11.5 Å². The Morgan fingerprint density at radius 1 is 1.50 bits per heavy atom. The summed E-state index contributed by atoms with van der Waals surface area (Å²) in [6, 6.07) is 8.84. The molecule has 2 heteroatoms. The summed E-state index contributed by atoms with van der Waals surface area (Å²) in [6.45, 7) is 2.12. The van der Waals surface area contributed by atoms with Crippen LogP contribution in [-0.2, 0) is 0 Å². The van der Waals surface area contributed by atoms with Gasteiger partial charge in [0.25, 0.3) is 0 Å². The first-order chi connectivity index (χ1) is 6.77. The minimum atomic E-state index is 0.241. The summed E-state index contributed by atoms with van der Waals surface area (Å²) >= 11 is 2.03. The molecule has 2 rings (SSSR count). The molecule has 2 N–H and O–H groups in total. The fourth-order valence-electron chi connectivity index (χ4n) is 1.99. The lowest BCUT2D eigenvalue weighted by Gasteiger charge is -2.18. The number of benzene rings is 1. The predicted molar refractivity (Wildman–Crippen MR) is 63.5 cm³/mol. The molecule has 1 saturated heterocycles. The van der Waals surface area contributed by atoms with Gasteiger partial charge in [-0.25, -0.2) is 0 Å². The Morgan fingerprint density at radius 3 is 3.00 bits per heavy atom. The maximum absolute atomic E-state index is 6.26. The Morgan fingerprint density at radius 2 is 2.36 bits per heavy atom. The van der Waals surface area contributed by atoms with E-state index in [-0.39, 0.29) is 6.04 Å². The summed E-state index contributed by atoms with van der Waals surface area (Å²) in [5.41, 5.74) is 8.87. The van der Waals surface area contributed by atoms with Crippen LogP contribution in [0.15, 0.2) is 24.3 Å². The second-order valence-corrected chi connectivity index (χ2v) is 5.21. The molecular weight excluding hydrogens is 190 g/mol. The number of nitrogens with two attached hydrogens (primary N) is 1. The zero-order valence-corrected chi connectivity index (χ0v) is 9.39. The minimum Gasteiger partial charge on any atom is -0.324 e. The third kappa shape index (κ3) is 2.12. The number of rotatable bonds is 2. The summed E-state index contributed by atoms with van der Waals surface area (Å²) in [4.78, 5) is 0. The van der Waals surface area contributed by atoms with Gasteiger partial charge in [-0.2, -0.15) is 11.8 Å². The van der Waals surface area contributed by atoms with Crippen molar-refractivity contribution in [1.82, 2.24) is 0 Å². The Bertz CT molecular complexity index is 305. The summed E-state index contributed by atoms with van der Waals surface area (Å²) in [7, 11) is 0. The molecule has 1 aromatic rings. The van der Waals surface area contributed by atoms with E-state index in [9.17, 15) is 0 Å². The fraction of sp³-hybridized carbons (Fsp3) is 0.500. The first-order valence-corrected chi connectivity index (χ1v) is 6.33. The third-order valence-electron chi connectivity index (χ3n) is 2.90. The second-order valence-electron chi connectivity index (χ2n) is 4.06. The lowest BCUT2D eigenvalue weighted by atomic mass is 9.92. The quantitative estimate of drug-likeness (QED) is 0.807. The highest BCUT2D eigenvalue weighted by molar-refractivity contribution is 7.99. The smallest absolute Gasteiger partial charge is 0.0331 e. The molecule has 14 heavy (non-hydrogen) atoms. The van der Waals surface area contributed by atoms with E-state index in [2.05, 4.69) is 31.2 Å². The average Bonchev–Trinajstić information content (AvgIpc) is 2.69. The SMILES string of the molecule is Cc1cccc(C(N)C2CCSC2)c1. The third-order valence-corrected chi connectivity index (χ3v) is 4.09. The molecule has 1 aliphatic rings. The Kier molecular flexibility index (Phi) is 3.14. The van der Waals surface area contributed by atoms with Gasteiger partial charge in [-0.15, -0.1) is 0 Å². The van der Waals surface area contributed by atoms with Crippen molar-refractivity contribution < 1.29 is 0 Å². The lowest BCUT2D eigenvalue weighted by molar-refractivity contribution is 0.482. The highest BCUT2D eigenvalue weighted by Crippen LogP contribution is 2.32. The van der Waals surface area contributed by atoms with Gasteiger partial charge in [0.05, 0.1) is 0 Å². The molecule has 0 amide bonds. The van der Waals surface area contributed by atoms with Crippen molar-refractivity contribution in [3.8, 4) is 0 Å². The molecule has 2 atom stereocenters. The molecular formula is C12H17NS.